The van der Waals surface area contributed by atoms with E-state index in [0.29, 0.717) is 12.3 Å². The van der Waals surface area contributed by atoms with Crippen LogP contribution in [0.1, 0.15) is 52.0 Å². The Morgan fingerprint density at radius 1 is 1.25 bits per heavy atom. The Labute approximate surface area is 122 Å². The Morgan fingerprint density at radius 3 is 2.30 bits per heavy atom. The average molecular weight is 278 g/mol. The van der Waals surface area contributed by atoms with E-state index >= 15 is 0 Å². The molecule has 3 heteroatoms. The van der Waals surface area contributed by atoms with Gasteiger partial charge in [-0.2, -0.15) is 0 Å². The van der Waals surface area contributed by atoms with Crippen LogP contribution < -0.4 is 0 Å². The van der Waals surface area contributed by atoms with Gasteiger partial charge < -0.3 is 9.84 Å². The summed E-state index contributed by atoms with van der Waals surface area (Å²) in [4.78, 5) is 12.2. The molecule has 0 aliphatic heterocycles. The smallest absolute Gasteiger partial charge is 0.338 e. The summed E-state index contributed by atoms with van der Waals surface area (Å²) in [5, 5.41) is 10.9. The quantitative estimate of drug-likeness (QED) is 0.776. The molecule has 0 aliphatic carbocycles. The fraction of sp³-hybridized carbons (Fsp3) is 0.588. The molecule has 1 N–H and O–H groups in total. The molecule has 1 aromatic rings. The Balaban J connectivity index is 3.16. The number of aliphatic hydroxyl groups is 1. The van der Waals surface area contributed by atoms with E-state index in [9.17, 15) is 9.90 Å². The summed E-state index contributed by atoms with van der Waals surface area (Å²) < 4.78 is 5.09. The van der Waals surface area contributed by atoms with E-state index in [-0.39, 0.29) is 12.5 Å². The first kappa shape index (κ1) is 16.7. The largest absolute Gasteiger partial charge is 0.464 e. The van der Waals surface area contributed by atoms with Crippen molar-refractivity contribution < 1.29 is 14.6 Å². The first-order valence-electron chi connectivity index (χ1n) is 7.40. The lowest BCUT2D eigenvalue weighted by Gasteiger charge is -2.34. The topological polar surface area (TPSA) is 46.5 Å². The van der Waals surface area contributed by atoms with Crippen LogP contribution in [0.2, 0.25) is 0 Å². The molecule has 0 fully saturated rings. The predicted molar refractivity (Wildman–Crippen MR) is 80.5 cm³/mol. The van der Waals surface area contributed by atoms with Crippen LogP contribution in [-0.4, -0.2) is 23.3 Å². The van der Waals surface area contributed by atoms with Crippen molar-refractivity contribution in [1.82, 2.24) is 0 Å². The second-order valence-corrected chi connectivity index (χ2v) is 5.59. The van der Waals surface area contributed by atoms with E-state index in [1.54, 1.807) is 6.92 Å². The zero-order valence-corrected chi connectivity index (χ0v) is 12.9. The molecule has 0 saturated heterocycles. The molecular weight excluding hydrogens is 252 g/mol. The predicted octanol–water partition coefficient (Wildman–Crippen LogP) is 3.52. The number of ether oxygens (including phenoxy) is 1. The summed E-state index contributed by atoms with van der Waals surface area (Å²) in [5.74, 6) is -0.377. The average Bonchev–Trinajstić information content (AvgIpc) is 2.45. The van der Waals surface area contributed by atoms with Gasteiger partial charge in [-0.15, -0.1) is 0 Å². The number of hydrogen-bond donors (Lipinski definition) is 1. The SMILES string of the molecule is CCOC(=O)C(O)(CC)C(CC(C)C)c1ccccc1. The van der Waals surface area contributed by atoms with Gasteiger partial charge in [0.25, 0.3) is 0 Å². The van der Waals surface area contributed by atoms with Crippen LogP contribution in [0.3, 0.4) is 0 Å². The van der Waals surface area contributed by atoms with E-state index in [2.05, 4.69) is 13.8 Å². The van der Waals surface area contributed by atoms with Gasteiger partial charge in [0.05, 0.1) is 6.61 Å². The highest BCUT2D eigenvalue weighted by molar-refractivity contribution is 5.80. The maximum atomic E-state index is 12.2. The van der Waals surface area contributed by atoms with Crippen LogP contribution >= 0.6 is 0 Å². The molecule has 0 aliphatic rings. The third-order valence-electron chi connectivity index (χ3n) is 3.65. The zero-order valence-electron chi connectivity index (χ0n) is 12.9. The summed E-state index contributed by atoms with van der Waals surface area (Å²) >= 11 is 0. The van der Waals surface area contributed by atoms with Crippen molar-refractivity contribution >= 4 is 5.97 Å². The molecule has 1 aromatic carbocycles. The monoisotopic (exact) mass is 278 g/mol. The lowest BCUT2D eigenvalue weighted by molar-refractivity contribution is -0.168. The Hall–Kier alpha value is -1.35. The second-order valence-electron chi connectivity index (χ2n) is 5.59. The molecule has 20 heavy (non-hydrogen) atoms. The fourth-order valence-corrected chi connectivity index (χ4v) is 2.55. The Morgan fingerprint density at radius 2 is 1.85 bits per heavy atom. The molecule has 0 saturated carbocycles. The number of hydrogen-bond acceptors (Lipinski definition) is 3. The van der Waals surface area contributed by atoms with Crippen LogP contribution in [0.4, 0.5) is 0 Å². The second kappa shape index (κ2) is 7.44. The molecule has 0 aromatic heterocycles. The van der Waals surface area contributed by atoms with Crippen LogP contribution in [0.15, 0.2) is 30.3 Å². The summed E-state index contributed by atoms with van der Waals surface area (Å²) in [5.41, 5.74) is -0.472. The maximum Gasteiger partial charge on any atom is 0.338 e. The Bertz CT molecular complexity index is 414. The highest BCUT2D eigenvalue weighted by atomic mass is 16.5. The van der Waals surface area contributed by atoms with Crippen molar-refractivity contribution in [2.24, 2.45) is 5.92 Å². The summed E-state index contributed by atoms with van der Waals surface area (Å²) in [6.07, 6.45) is 1.09. The van der Waals surface area contributed by atoms with Gasteiger partial charge in [-0.05, 0) is 31.2 Å². The van der Waals surface area contributed by atoms with Crippen LogP contribution in [0.5, 0.6) is 0 Å². The number of rotatable bonds is 7. The van der Waals surface area contributed by atoms with Gasteiger partial charge >= 0.3 is 5.97 Å². The first-order valence-corrected chi connectivity index (χ1v) is 7.40. The highest BCUT2D eigenvalue weighted by Gasteiger charge is 2.44. The van der Waals surface area contributed by atoms with E-state index in [1.807, 2.05) is 37.3 Å². The van der Waals surface area contributed by atoms with E-state index in [1.165, 1.54) is 0 Å². The highest BCUT2D eigenvalue weighted by Crippen LogP contribution is 2.37. The summed E-state index contributed by atoms with van der Waals surface area (Å²) in [6.45, 7) is 8.06. The summed E-state index contributed by atoms with van der Waals surface area (Å²) in [7, 11) is 0. The van der Waals surface area contributed by atoms with Crippen LogP contribution in [0.25, 0.3) is 0 Å². The van der Waals surface area contributed by atoms with Crippen LogP contribution in [-0.2, 0) is 9.53 Å². The fourth-order valence-electron chi connectivity index (χ4n) is 2.55. The van der Waals surface area contributed by atoms with Crippen LogP contribution in [0, 0.1) is 5.92 Å². The molecule has 0 heterocycles. The standard InChI is InChI=1S/C17H26O3/c1-5-17(19,16(18)20-6-2)15(12-13(3)4)14-10-8-7-9-11-14/h7-11,13,15,19H,5-6,12H2,1-4H3. The number of carbonyl (C=O) groups is 1. The lowest BCUT2D eigenvalue weighted by Crippen LogP contribution is -2.45. The van der Waals surface area contributed by atoms with Gasteiger partial charge in [0.2, 0.25) is 0 Å². The van der Waals surface area contributed by atoms with E-state index < -0.39 is 11.6 Å². The molecular formula is C17H26O3. The minimum atomic E-state index is -1.46. The van der Waals surface area contributed by atoms with Crippen molar-refractivity contribution in [2.75, 3.05) is 6.61 Å². The minimum Gasteiger partial charge on any atom is -0.464 e. The van der Waals surface area contributed by atoms with Gasteiger partial charge in [-0.25, -0.2) is 4.79 Å². The molecule has 2 atom stereocenters. The van der Waals surface area contributed by atoms with Crippen molar-refractivity contribution in [2.45, 2.75) is 52.1 Å². The molecule has 2 unspecified atom stereocenters. The molecule has 1 rings (SSSR count). The summed E-state index contributed by atoms with van der Waals surface area (Å²) in [6, 6.07) is 9.74. The van der Waals surface area contributed by atoms with Gasteiger partial charge in [0, 0.05) is 5.92 Å². The molecule has 3 nitrogen and oxygen atoms in total. The molecule has 0 amide bonds. The van der Waals surface area contributed by atoms with Crippen molar-refractivity contribution in [3.8, 4) is 0 Å². The normalized spacial score (nSPS) is 15.7. The molecule has 0 spiro atoms. The maximum absolute atomic E-state index is 12.2. The van der Waals surface area contributed by atoms with Gasteiger partial charge in [-0.3, -0.25) is 0 Å². The minimum absolute atomic E-state index is 0.243. The van der Waals surface area contributed by atoms with Gasteiger partial charge in [0.15, 0.2) is 5.60 Å². The number of carbonyl (C=O) groups excluding carboxylic acids is 1. The molecule has 0 bridgehead atoms. The number of benzene rings is 1. The first-order chi connectivity index (χ1) is 9.45. The van der Waals surface area contributed by atoms with E-state index in [4.69, 9.17) is 4.74 Å². The lowest BCUT2D eigenvalue weighted by atomic mass is 9.75. The van der Waals surface area contributed by atoms with Crippen molar-refractivity contribution in [3.05, 3.63) is 35.9 Å². The van der Waals surface area contributed by atoms with Gasteiger partial charge in [-0.1, -0.05) is 51.1 Å². The zero-order chi connectivity index (χ0) is 15.2. The van der Waals surface area contributed by atoms with Crippen molar-refractivity contribution in [3.63, 3.8) is 0 Å². The third kappa shape index (κ3) is 3.83. The number of esters is 1. The van der Waals surface area contributed by atoms with E-state index in [0.717, 1.165) is 12.0 Å². The molecule has 112 valence electrons. The molecule has 0 radical (unpaired) electrons. The Kier molecular flexibility index (Phi) is 6.21. The van der Waals surface area contributed by atoms with Crippen molar-refractivity contribution in [1.29, 1.82) is 0 Å². The van der Waals surface area contributed by atoms with Gasteiger partial charge in [0.1, 0.15) is 0 Å². The third-order valence-corrected chi connectivity index (χ3v) is 3.65.